The Hall–Kier alpha value is -0.560. The average Bonchev–Trinajstić information content (AvgIpc) is 2.33. The van der Waals surface area contributed by atoms with Crippen molar-refractivity contribution in [1.82, 2.24) is 0 Å². The van der Waals surface area contributed by atoms with E-state index in [-0.39, 0.29) is 0 Å². The molecule has 0 aliphatic heterocycles. The fourth-order valence-electron chi connectivity index (χ4n) is 1.30. The molecule has 1 atom stereocenters. The molecule has 0 N–H and O–H groups in total. The van der Waals surface area contributed by atoms with Crippen LogP contribution < -0.4 is 9.75 Å². The van der Waals surface area contributed by atoms with Crippen LogP contribution in [-0.2, 0) is 0 Å². The Morgan fingerprint density at radius 3 is 3.40 bits per heavy atom. The first-order valence-electron chi connectivity index (χ1n) is 3.62. The maximum Gasteiger partial charge on any atom is 0.0299 e. The van der Waals surface area contributed by atoms with E-state index >= 15 is 0 Å². The van der Waals surface area contributed by atoms with Crippen LogP contribution in [0, 0.1) is 5.92 Å². The first kappa shape index (κ1) is 6.17. The van der Waals surface area contributed by atoms with Gasteiger partial charge in [-0.25, -0.2) is 0 Å². The van der Waals surface area contributed by atoms with Gasteiger partial charge in [0.05, 0.1) is 0 Å². The molecule has 1 aromatic heterocycles. The fraction of sp³-hybridized carbons (Fsp3) is 0.333. The van der Waals surface area contributed by atoms with E-state index < -0.39 is 0 Å². The van der Waals surface area contributed by atoms with Crippen LogP contribution in [0.5, 0.6) is 0 Å². The average molecular weight is 150 g/mol. The first-order valence-corrected chi connectivity index (χ1v) is 4.50. The van der Waals surface area contributed by atoms with E-state index in [1.807, 2.05) is 11.3 Å². The summed E-state index contributed by atoms with van der Waals surface area (Å²) >= 11 is 1.84. The van der Waals surface area contributed by atoms with Gasteiger partial charge in [-0.3, -0.25) is 0 Å². The molecule has 1 aliphatic rings. The normalized spacial score (nSPS) is 22.7. The van der Waals surface area contributed by atoms with Crippen molar-refractivity contribution in [3.05, 3.63) is 21.2 Å². The van der Waals surface area contributed by atoms with Gasteiger partial charge < -0.3 is 0 Å². The molecule has 1 heterocycles. The molecule has 0 amide bonds. The molecule has 52 valence electrons. The molecule has 0 spiro atoms. The second kappa shape index (κ2) is 2.24. The molecule has 0 radical (unpaired) electrons. The van der Waals surface area contributed by atoms with Gasteiger partial charge in [-0.1, -0.05) is 19.1 Å². The lowest BCUT2D eigenvalue weighted by Gasteiger charge is -2.03. The summed E-state index contributed by atoms with van der Waals surface area (Å²) < 4.78 is 1.46. The van der Waals surface area contributed by atoms with E-state index in [9.17, 15) is 0 Å². The molecule has 0 saturated carbocycles. The minimum absolute atomic E-state index is 0.738. The highest BCUT2D eigenvalue weighted by atomic mass is 32.1. The largest absolute Gasteiger partial charge is 0.144 e. The van der Waals surface area contributed by atoms with Crippen LogP contribution in [0.15, 0.2) is 11.4 Å². The maximum atomic E-state index is 2.35. The number of hydrogen-bond acceptors (Lipinski definition) is 1. The number of thiophene rings is 1. The van der Waals surface area contributed by atoms with E-state index in [0.717, 1.165) is 5.92 Å². The third-order valence-electron chi connectivity index (χ3n) is 1.87. The molecule has 10 heavy (non-hydrogen) atoms. The van der Waals surface area contributed by atoms with Crippen molar-refractivity contribution in [3.8, 4) is 0 Å². The Morgan fingerprint density at radius 1 is 1.60 bits per heavy atom. The molecule has 2 rings (SSSR count). The minimum atomic E-state index is 0.738. The van der Waals surface area contributed by atoms with Crippen molar-refractivity contribution in [3.63, 3.8) is 0 Å². The summed E-state index contributed by atoms with van der Waals surface area (Å²) in [5.41, 5.74) is 0. The van der Waals surface area contributed by atoms with E-state index in [1.54, 1.807) is 0 Å². The first-order chi connectivity index (χ1) is 4.86. The van der Waals surface area contributed by atoms with Crippen LogP contribution in [0.1, 0.15) is 13.3 Å². The Kier molecular flexibility index (Phi) is 1.38. The molecule has 1 aliphatic carbocycles. The summed E-state index contributed by atoms with van der Waals surface area (Å²) in [7, 11) is 0. The van der Waals surface area contributed by atoms with Crippen LogP contribution in [0.25, 0.3) is 12.2 Å². The maximum absolute atomic E-state index is 2.35. The Labute approximate surface area is 64.5 Å². The van der Waals surface area contributed by atoms with Crippen molar-refractivity contribution in [1.29, 1.82) is 0 Å². The Bertz CT molecular complexity index is 332. The smallest absolute Gasteiger partial charge is 0.0299 e. The van der Waals surface area contributed by atoms with Crippen LogP contribution in [-0.4, -0.2) is 0 Å². The fourth-order valence-corrected chi connectivity index (χ4v) is 2.13. The Balaban J connectivity index is 2.73. The van der Waals surface area contributed by atoms with Gasteiger partial charge in [-0.15, -0.1) is 11.3 Å². The molecule has 1 aromatic rings. The van der Waals surface area contributed by atoms with Crippen LogP contribution in [0.2, 0.25) is 0 Å². The van der Waals surface area contributed by atoms with Crippen LogP contribution in [0.3, 0.4) is 0 Å². The van der Waals surface area contributed by atoms with Gasteiger partial charge in [0.15, 0.2) is 0 Å². The molecule has 0 nitrogen and oxygen atoms in total. The monoisotopic (exact) mass is 150 g/mol. The SMILES string of the molecule is CC1C=c2ccsc2=CC1. The molecule has 1 heteroatoms. The zero-order valence-corrected chi connectivity index (χ0v) is 6.82. The summed E-state index contributed by atoms with van der Waals surface area (Å²) in [5.74, 6) is 0.738. The van der Waals surface area contributed by atoms with Gasteiger partial charge in [-0.05, 0) is 29.0 Å². The molecule has 0 fully saturated rings. The number of rotatable bonds is 0. The van der Waals surface area contributed by atoms with E-state index in [2.05, 4.69) is 30.5 Å². The summed E-state index contributed by atoms with van der Waals surface area (Å²) in [6, 6.07) is 2.20. The topological polar surface area (TPSA) is 0 Å². The summed E-state index contributed by atoms with van der Waals surface area (Å²) in [6.07, 6.45) is 5.91. The molecule has 0 saturated heterocycles. The molecule has 0 bridgehead atoms. The predicted octanol–water partition coefficient (Wildman–Crippen LogP) is 1.35. The lowest BCUT2D eigenvalue weighted by Crippen LogP contribution is -2.22. The molecular weight excluding hydrogens is 140 g/mol. The van der Waals surface area contributed by atoms with Gasteiger partial charge in [0.1, 0.15) is 0 Å². The number of hydrogen-bond donors (Lipinski definition) is 0. The van der Waals surface area contributed by atoms with Crippen LogP contribution >= 0.6 is 11.3 Å². The van der Waals surface area contributed by atoms with Crippen molar-refractivity contribution in [2.75, 3.05) is 0 Å². The third-order valence-corrected chi connectivity index (χ3v) is 2.79. The lowest BCUT2D eigenvalue weighted by molar-refractivity contribution is 0.803. The van der Waals surface area contributed by atoms with Gasteiger partial charge in [0, 0.05) is 4.53 Å². The van der Waals surface area contributed by atoms with E-state index in [1.165, 1.54) is 16.2 Å². The summed E-state index contributed by atoms with van der Waals surface area (Å²) in [5, 5.41) is 3.60. The van der Waals surface area contributed by atoms with Crippen molar-refractivity contribution < 1.29 is 0 Å². The highest BCUT2D eigenvalue weighted by Crippen LogP contribution is 2.06. The van der Waals surface area contributed by atoms with E-state index in [4.69, 9.17) is 0 Å². The minimum Gasteiger partial charge on any atom is -0.144 e. The summed E-state index contributed by atoms with van der Waals surface area (Å²) in [4.78, 5) is 0. The number of fused-ring (bicyclic) bond motifs is 1. The molecule has 0 aromatic carbocycles. The van der Waals surface area contributed by atoms with Crippen molar-refractivity contribution in [2.24, 2.45) is 5.92 Å². The van der Waals surface area contributed by atoms with Gasteiger partial charge in [-0.2, -0.15) is 0 Å². The molecule has 1 unspecified atom stereocenters. The highest BCUT2D eigenvalue weighted by Gasteiger charge is 2.00. The Morgan fingerprint density at radius 2 is 2.50 bits per heavy atom. The van der Waals surface area contributed by atoms with Crippen molar-refractivity contribution in [2.45, 2.75) is 13.3 Å². The standard InChI is InChI=1S/C9H10S/c1-7-2-3-9-8(6-7)4-5-10-9/h3-7H,2H2,1H3. The predicted molar refractivity (Wildman–Crippen MR) is 46.3 cm³/mol. The third kappa shape index (κ3) is 0.907. The second-order valence-electron chi connectivity index (χ2n) is 2.82. The van der Waals surface area contributed by atoms with Crippen LogP contribution in [0.4, 0.5) is 0 Å². The molecular formula is C9H10S. The second-order valence-corrected chi connectivity index (χ2v) is 3.77. The highest BCUT2D eigenvalue weighted by molar-refractivity contribution is 7.07. The van der Waals surface area contributed by atoms with Gasteiger partial charge in [0.2, 0.25) is 0 Å². The van der Waals surface area contributed by atoms with E-state index in [0.29, 0.717) is 0 Å². The van der Waals surface area contributed by atoms with Gasteiger partial charge in [0.25, 0.3) is 0 Å². The van der Waals surface area contributed by atoms with Crippen molar-refractivity contribution >= 4 is 23.5 Å². The quantitative estimate of drug-likeness (QED) is 0.523. The summed E-state index contributed by atoms with van der Waals surface area (Å²) in [6.45, 7) is 2.26. The lowest BCUT2D eigenvalue weighted by atomic mass is 10.0. The van der Waals surface area contributed by atoms with Gasteiger partial charge >= 0.3 is 0 Å². The zero-order valence-electron chi connectivity index (χ0n) is 6.00. The zero-order chi connectivity index (χ0) is 6.97.